The van der Waals surface area contributed by atoms with Crippen LogP contribution in [0.2, 0.25) is 0 Å². The molecule has 10 heteroatoms. The molecule has 0 spiro atoms. The van der Waals surface area contributed by atoms with E-state index in [-0.39, 0.29) is 38.7 Å². The first-order chi connectivity index (χ1) is 14.8. The highest BCUT2D eigenvalue weighted by atomic mass is 32.1. The van der Waals surface area contributed by atoms with Gasteiger partial charge in [0.2, 0.25) is 0 Å². The van der Waals surface area contributed by atoms with Gasteiger partial charge in [0.15, 0.2) is 5.57 Å². The number of rotatable bonds is 9. The summed E-state index contributed by atoms with van der Waals surface area (Å²) in [6.07, 6.45) is 1.89. The molecule has 1 N–H and O–H groups in total. The molecule has 1 amide bonds. The van der Waals surface area contributed by atoms with Crippen LogP contribution >= 0.6 is 11.3 Å². The number of nitrogens with zero attached hydrogens (tertiary/aromatic N) is 2. The Labute approximate surface area is 181 Å². The fourth-order valence-electron chi connectivity index (χ4n) is 2.75. The molecule has 1 aromatic carbocycles. The van der Waals surface area contributed by atoms with Crippen molar-refractivity contribution < 1.29 is 23.0 Å². The van der Waals surface area contributed by atoms with Crippen molar-refractivity contribution in [1.29, 1.82) is 5.26 Å². The van der Waals surface area contributed by atoms with E-state index in [0.29, 0.717) is 13.0 Å². The van der Waals surface area contributed by atoms with E-state index in [9.17, 15) is 23.6 Å². The molecule has 2 aromatic rings. The molecule has 7 nitrogen and oxygen atoms in total. The molecule has 1 heterocycles. The van der Waals surface area contributed by atoms with E-state index in [4.69, 9.17) is 4.74 Å². The lowest BCUT2D eigenvalue weighted by atomic mass is 10.2. The molecule has 0 aliphatic rings. The maximum absolute atomic E-state index is 13.0. The van der Waals surface area contributed by atoms with Crippen molar-refractivity contribution in [3.05, 3.63) is 49.4 Å². The van der Waals surface area contributed by atoms with Crippen molar-refractivity contribution in [3.63, 3.8) is 0 Å². The Balaban J connectivity index is 2.72. The van der Waals surface area contributed by atoms with E-state index >= 15 is 0 Å². The highest BCUT2D eigenvalue weighted by Crippen LogP contribution is 2.20. The minimum atomic E-state index is -3.02. The van der Waals surface area contributed by atoms with Crippen molar-refractivity contribution in [1.82, 2.24) is 9.88 Å². The summed E-state index contributed by atoms with van der Waals surface area (Å²) < 4.78 is 36.7. The minimum absolute atomic E-state index is 0.0835. The number of methoxy groups -OCH3 is 1. The van der Waals surface area contributed by atoms with Crippen LogP contribution in [0.1, 0.15) is 25.8 Å². The Morgan fingerprint density at radius 2 is 2.06 bits per heavy atom. The summed E-state index contributed by atoms with van der Waals surface area (Å²) in [4.78, 5) is 25.5. The molecule has 0 radical (unpaired) electrons. The fraction of sp³-hybridized carbons (Fsp3) is 0.381. The normalized spacial score (nSPS) is 12.8. The SMILES string of the molecule is COCCCn1c(=O)/c(=C\c2ccccc2OC(F)F)s/c1=C(\C#N)C(=O)NC(C)C. The highest BCUT2D eigenvalue weighted by molar-refractivity contribution is 7.07. The van der Waals surface area contributed by atoms with E-state index in [1.54, 1.807) is 19.9 Å². The second kappa shape index (κ2) is 11.4. The van der Waals surface area contributed by atoms with Gasteiger partial charge in [0.05, 0.1) is 4.53 Å². The number of para-hydroxylation sites is 1. The lowest BCUT2D eigenvalue weighted by Gasteiger charge is -2.07. The molecule has 31 heavy (non-hydrogen) atoms. The Bertz CT molecular complexity index is 1130. The summed E-state index contributed by atoms with van der Waals surface area (Å²) in [6, 6.07) is 7.75. The van der Waals surface area contributed by atoms with Gasteiger partial charge in [-0.25, -0.2) is 0 Å². The molecule has 0 aliphatic heterocycles. The molecule has 0 saturated carbocycles. The van der Waals surface area contributed by atoms with Crippen LogP contribution in [0.15, 0.2) is 29.1 Å². The highest BCUT2D eigenvalue weighted by Gasteiger charge is 2.17. The smallest absolute Gasteiger partial charge is 0.387 e. The maximum Gasteiger partial charge on any atom is 0.387 e. The van der Waals surface area contributed by atoms with Crippen LogP contribution in [0.25, 0.3) is 11.6 Å². The molecule has 2 rings (SSSR count). The zero-order chi connectivity index (χ0) is 23.0. The summed E-state index contributed by atoms with van der Waals surface area (Å²) in [6.45, 7) is 1.10. The Morgan fingerprint density at radius 3 is 2.68 bits per heavy atom. The second-order valence-corrected chi connectivity index (χ2v) is 7.78. The quantitative estimate of drug-likeness (QED) is 0.585. The number of alkyl halides is 2. The molecular weight excluding hydrogens is 428 g/mol. The summed E-state index contributed by atoms with van der Waals surface area (Å²) in [7, 11) is 1.53. The van der Waals surface area contributed by atoms with E-state index in [2.05, 4.69) is 10.1 Å². The largest absolute Gasteiger partial charge is 0.434 e. The average Bonchev–Trinajstić information content (AvgIpc) is 2.99. The lowest BCUT2D eigenvalue weighted by molar-refractivity contribution is -0.116. The number of nitriles is 1. The first kappa shape index (κ1) is 24.2. The zero-order valence-corrected chi connectivity index (χ0v) is 18.2. The van der Waals surface area contributed by atoms with Crippen molar-refractivity contribution >= 4 is 28.9 Å². The van der Waals surface area contributed by atoms with Crippen LogP contribution in [0.3, 0.4) is 0 Å². The number of thiazole rings is 1. The monoisotopic (exact) mass is 451 g/mol. The number of carbonyl (C=O) groups excluding carboxylic acids is 1. The summed E-state index contributed by atoms with van der Waals surface area (Å²) >= 11 is 0.945. The van der Waals surface area contributed by atoms with Crippen LogP contribution in [-0.4, -0.2) is 36.8 Å². The van der Waals surface area contributed by atoms with E-state index in [1.807, 2.05) is 6.07 Å². The Hall–Kier alpha value is -3.03. The minimum Gasteiger partial charge on any atom is -0.434 e. The molecular formula is C21H23F2N3O4S. The first-order valence-corrected chi connectivity index (χ1v) is 10.3. The van der Waals surface area contributed by atoms with E-state index in [1.165, 1.54) is 36.0 Å². The third-order valence-electron chi connectivity index (χ3n) is 4.03. The van der Waals surface area contributed by atoms with E-state index in [0.717, 1.165) is 11.3 Å². The predicted octanol–water partition coefficient (Wildman–Crippen LogP) is 1.58. The summed E-state index contributed by atoms with van der Waals surface area (Å²) in [5.74, 6) is -0.674. The van der Waals surface area contributed by atoms with Crippen LogP contribution in [0, 0.1) is 11.3 Å². The Morgan fingerprint density at radius 1 is 1.35 bits per heavy atom. The van der Waals surface area contributed by atoms with Crippen molar-refractivity contribution in [2.75, 3.05) is 13.7 Å². The number of halogens is 2. The van der Waals surface area contributed by atoms with E-state index < -0.39 is 18.1 Å². The molecule has 1 aromatic heterocycles. The van der Waals surface area contributed by atoms with Crippen molar-refractivity contribution in [2.45, 2.75) is 39.5 Å². The first-order valence-electron chi connectivity index (χ1n) is 9.47. The number of nitrogens with one attached hydrogen (secondary N) is 1. The molecule has 0 bridgehead atoms. The topological polar surface area (TPSA) is 93.3 Å². The summed E-state index contributed by atoms with van der Waals surface area (Å²) in [5.41, 5.74) is -0.347. The molecule has 166 valence electrons. The lowest BCUT2D eigenvalue weighted by Crippen LogP contribution is -2.37. The summed E-state index contributed by atoms with van der Waals surface area (Å²) in [5, 5.41) is 12.2. The third-order valence-corrected chi connectivity index (χ3v) is 5.16. The van der Waals surface area contributed by atoms with Crippen LogP contribution in [0.5, 0.6) is 5.75 Å². The standard InChI is InChI=1S/C21H23F2N3O4S/c1-13(2)25-18(27)15(12-24)20-26(9-6-10-29-3)19(28)17(31-20)11-14-7-4-5-8-16(14)30-21(22)23/h4-5,7-8,11,13,21H,6,9-10H2,1-3H3,(H,25,27)/b17-11+,20-15+. The van der Waals surface area contributed by atoms with Gasteiger partial charge >= 0.3 is 6.61 Å². The second-order valence-electron chi connectivity index (χ2n) is 6.75. The number of benzene rings is 1. The van der Waals surface area contributed by atoms with Gasteiger partial charge in [0.1, 0.15) is 16.5 Å². The number of carbonyl (C=O) groups is 1. The Kier molecular flexibility index (Phi) is 8.90. The molecule has 0 unspecified atom stereocenters. The fourth-order valence-corrected chi connectivity index (χ4v) is 3.87. The molecule has 0 fully saturated rings. The van der Waals surface area contributed by atoms with Gasteiger partial charge in [-0.15, -0.1) is 11.3 Å². The third kappa shape index (κ3) is 6.47. The average molecular weight is 451 g/mol. The molecule has 0 aliphatic carbocycles. The number of ether oxygens (including phenoxy) is 2. The van der Waals surface area contributed by atoms with Crippen LogP contribution in [0.4, 0.5) is 8.78 Å². The molecule has 0 atom stereocenters. The predicted molar refractivity (Wildman–Crippen MR) is 113 cm³/mol. The van der Waals surface area contributed by atoms with Gasteiger partial charge in [-0.1, -0.05) is 18.2 Å². The number of amides is 1. The van der Waals surface area contributed by atoms with Gasteiger partial charge in [-0.2, -0.15) is 14.0 Å². The van der Waals surface area contributed by atoms with Gasteiger partial charge in [0, 0.05) is 31.9 Å². The van der Waals surface area contributed by atoms with Gasteiger partial charge in [-0.3, -0.25) is 14.2 Å². The van der Waals surface area contributed by atoms with Crippen molar-refractivity contribution in [2.24, 2.45) is 0 Å². The zero-order valence-electron chi connectivity index (χ0n) is 17.4. The van der Waals surface area contributed by atoms with Gasteiger partial charge < -0.3 is 14.8 Å². The van der Waals surface area contributed by atoms with Gasteiger partial charge in [-0.05, 0) is 32.4 Å². The van der Waals surface area contributed by atoms with Crippen molar-refractivity contribution in [3.8, 4) is 11.8 Å². The van der Waals surface area contributed by atoms with Gasteiger partial charge in [0.25, 0.3) is 11.5 Å². The number of hydrogen-bond donors (Lipinski definition) is 1. The van der Waals surface area contributed by atoms with Crippen LogP contribution < -0.4 is 24.8 Å². The maximum atomic E-state index is 13.0. The molecule has 0 saturated heterocycles. The number of hydrogen-bond acceptors (Lipinski definition) is 6. The number of aromatic nitrogens is 1. The van der Waals surface area contributed by atoms with Crippen LogP contribution in [-0.2, 0) is 16.1 Å².